The van der Waals surface area contributed by atoms with Crippen LogP contribution in [-0.2, 0) is 21.0 Å². The van der Waals surface area contributed by atoms with Crippen LogP contribution in [0, 0.1) is 18.8 Å². The fourth-order valence-corrected chi connectivity index (χ4v) is 6.36. The van der Waals surface area contributed by atoms with Crippen molar-refractivity contribution in [2.45, 2.75) is 52.2 Å². The molecule has 4 unspecified atom stereocenters. The topological polar surface area (TPSA) is 123 Å². The molecule has 1 aliphatic rings. The SMILES string of the molecule is CCOc1ccccc1NC(=O)C1C(=O)CC(C)(O)C(C(=O)Nc2ccccc2OCC)C1c1cccc(OCc2ccccc2C)c1. The molecule has 9 heteroatoms. The maximum absolute atomic E-state index is 14.3. The smallest absolute Gasteiger partial charge is 0.235 e. The number of hydrogen-bond acceptors (Lipinski definition) is 7. The maximum Gasteiger partial charge on any atom is 0.235 e. The first kappa shape index (κ1) is 34.2. The fourth-order valence-electron chi connectivity index (χ4n) is 6.36. The lowest BCUT2D eigenvalue weighted by Gasteiger charge is -2.44. The molecule has 250 valence electrons. The predicted octanol–water partition coefficient (Wildman–Crippen LogP) is 6.69. The van der Waals surface area contributed by atoms with Gasteiger partial charge in [-0.1, -0.05) is 60.7 Å². The summed E-state index contributed by atoms with van der Waals surface area (Å²) in [6.07, 6.45) is -0.399. The molecule has 0 radical (unpaired) electrons. The van der Waals surface area contributed by atoms with E-state index in [0.717, 1.165) is 11.1 Å². The largest absolute Gasteiger partial charge is 0.492 e. The minimum atomic E-state index is -1.79. The zero-order valence-corrected chi connectivity index (χ0v) is 27.7. The Hall–Kier alpha value is -5.15. The first-order valence-electron chi connectivity index (χ1n) is 16.2. The van der Waals surface area contributed by atoms with Crippen LogP contribution in [0.15, 0.2) is 97.1 Å². The second-order valence-corrected chi connectivity index (χ2v) is 12.1. The third-order valence-electron chi connectivity index (χ3n) is 8.62. The Morgan fingerprint density at radius 1 is 0.792 bits per heavy atom. The lowest BCUT2D eigenvalue weighted by atomic mass is 9.61. The lowest BCUT2D eigenvalue weighted by molar-refractivity contribution is -0.150. The number of anilines is 2. The molecule has 0 aliphatic heterocycles. The van der Waals surface area contributed by atoms with Crippen LogP contribution in [0.2, 0.25) is 0 Å². The molecule has 1 aliphatic carbocycles. The van der Waals surface area contributed by atoms with E-state index in [-0.39, 0.29) is 0 Å². The number of aliphatic hydroxyl groups is 1. The monoisotopic (exact) mass is 650 g/mol. The number of Topliss-reactive ketones (excluding diaryl/α,β-unsaturated/α-hetero) is 1. The average molecular weight is 651 g/mol. The fraction of sp³-hybridized carbons (Fsp3) is 0.308. The highest BCUT2D eigenvalue weighted by Crippen LogP contribution is 2.47. The summed E-state index contributed by atoms with van der Waals surface area (Å²) in [4.78, 5) is 42.4. The number of rotatable bonds is 12. The van der Waals surface area contributed by atoms with Crippen LogP contribution < -0.4 is 24.8 Å². The molecular weight excluding hydrogens is 608 g/mol. The van der Waals surface area contributed by atoms with Crippen molar-refractivity contribution < 1.29 is 33.7 Å². The number of ketones is 1. The summed E-state index contributed by atoms with van der Waals surface area (Å²) in [5, 5.41) is 17.6. The van der Waals surface area contributed by atoms with Crippen molar-refractivity contribution in [1.82, 2.24) is 0 Å². The highest BCUT2D eigenvalue weighted by atomic mass is 16.5. The molecule has 1 fully saturated rings. The molecule has 3 N–H and O–H groups in total. The minimum absolute atomic E-state index is 0.299. The van der Waals surface area contributed by atoms with Crippen LogP contribution in [0.3, 0.4) is 0 Å². The number of para-hydroxylation sites is 4. The van der Waals surface area contributed by atoms with Gasteiger partial charge in [0.1, 0.15) is 35.6 Å². The molecule has 5 rings (SSSR count). The number of benzene rings is 4. The van der Waals surface area contributed by atoms with E-state index in [1.54, 1.807) is 72.8 Å². The van der Waals surface area contributed by atoms with Gasteiger partial charge < -0.3 is 30.0 Å². The third-order valence-corrected chi connectivity index (χ3v) is 8.62. The van der Waals surface area contributed by atoms with Crippen molar-refractivity contribution >= 4 is 29.0 Å². The van der Waals surface area contributed by atoms with Crippen LogP contribution in [0.1, 0.15) is 49.8 Å². The van der Waals surface area contributed by atoms with Crippen molar-refractivity contribution in [2.24, 2.45) is 11.8 Å². The van der Waals surface area contributed by atoms with E-state index in [1.807, 2.05) is 45.0 Å². The van der Waals surface area contributed by atoms with Crippen LogP contribution >= 0.6 is 0 Å². The second kappa shape index (κ2) is 15.2. The molecule has 4 aromatic carbocycles. The van der Waals surface area contributed by atoms with Crippen molar-refractivity contribution in [3.8, 4) is 17.2 Å². The van der Waals surface area contributed by atoms with E-state index < -0.39 is 47.4 Å². The highest BCUT2D eigenvalue weighted by molar-refractivity contribution is 6.11. The van der Waals surface area contributed by atoms with Crippen molar-refractivity contribution in [3.05, 3.63) is 114 Å². The van der Waals surface area contributed by atoms with Gasteiger partial charge >= 0.3 is 0 Å². The van der Waals surface area contributed by atoms with E-state index in [0.29, 0.717) is 54.0 Å². The predicted molar refractivity (Wildman–Crippen MR) is 184 cm³/mol. The lowest BCUT2D eigenvalue weighted by Crippen LogP contribution is -2.56. The second-order valence-electron chi connectivity index (χ2n) is 12.1. The van der Waals surface area contributed by atoms with Gasteiger partial charge in [0.2, 0.25) is 11.8 Å². The van der Waals surface area contributed by atoms with Gasteiger partial charge in [0, 0.05) is 12.3 Å². The van der Waals surface area contributed by atoms with E-state index in [2.05, 4.69) is 10.6 Å². The van der Waals surface area contributed by atoms with Gasteiger partial charge in [0.15, 0.2) is 0 Å². The van der Waals surface area contributed by atoms with E-state index >= 15 is 0 Å². The summed E-state index contributed by atoms with van der Waals surface area (Å²) >= 11 is 0. The zero-order chi connectivity index (χ0) is 34.3. The molecule has 0 bridgehead atoms. The standard InChI is InChI=1S/C39H42N2O7/c1-5-46-32-20-11-9-18-29(32)40-37(43)35-31(42)23-39(4,45)36(38(44)41-30-19-10-12-21-33(30)47-6-2)34(35)26-16-13-17-28(22-26)48-24-27-15-8-7-14-25(27)3/h7-22,34-36,45H,5-6,23-24H2,1-4H3,(H,40,43)(H,41,44). The van der Waals surface area contributed by atoms with Crippen molar-refractivity contribution in [3.63, 3.8) is 0 Å². The Balaban J connectivity index is 1.56. The van der Waals surface area contributed by atoms with Gasteiger partial charge in [-0.3, -0.25) is 14.4 Å². The molecule has 0 saturated heterocycles. The Bertz CT molecular complexity index is 1770. The summed E-state index contributed by atoms with van der Waals surface area (Å²) in [6, 6.07) is 28.9. The van der Waals surface area contributed by atoms with Crippen LogP contribution in [0.5, 0.6) is 17.2 Å². The van der Waals surface area contributed by atoms with E-state index in [1.165, 1.54) is 6.92 Å². The van der Waals surface area contributed by atoms with Gasteiger partial charge in [0.25, 0.3) is 0 Å². The minimum Gasteiger partial charge on any atom is -0.492 e. The van der Waals surface area contributed by atoms with Crippen LogP contribution in [0.25, 0.3) is 0 Å². The van der Waals surface area contributed by atoms with Gasteiger partial charge in [0.05, 0.1) is 36.1 Å². The Labute approximate surface area is 281 Å². The number of nitrogens with one attached hydrogen (secondary N) is 2. The molecular formula is C39H42N2O7. The van der Waals surface area contributed by atoms with E-state index in [9.17, 15) is 19.5 Å². The van der Waals surface area contributed by atoms with Gasteiger partial charge in [-0.25, -0.2) is 0 Å². The number of aryl methyl sites for hydroxylation is 1. The number of hydrogen-bond donors (Lipinski definition) is 3. The van der Waals surface area contributed by atoms with E-state index in [4.69, 9.17) is 14.2 Å². The molecule has 0 heterocycles. The third kappa shape index (κ3) is 7.69. The summed E-state index contributed by atoms with van der Waals surface area (Å²) < 4.78 is 17.6. The maximum atomic E-state index is 14.3. The summed E-state index contributed by atoms with van der Waals surface area (Å²) in [6.45, 7) is 8.20. The molecule has 9 nitrogen and oxygen atoms in total. The zero-order valence-electron chi connectivity index (χ0n) is 27.7. The van der Waals surface area contributed by atoms with Crippen LogP contribution in [-0.4, -0.2) is 41.5 Å². The highest BCUT2D eigenvalue weighted by Gasteiger charge is 2.56. The Kier molecular flexibility index (Phi) is 10.8. The molecule has 1 saturated carbocycles. The van der Waals surface area contributed by atoms with Gasteiger partial charge in [-0.15, -0.1) is 0 Å². The number of ether oxygens (including phenoxy) is 3. The molecule has 4 aromatic rings. The molecule has 4 atom stereocenters. The van der Waals surface area contributed by atoms with Crippen molar-refractivity contribution in [2.75, 3.05) is 23.8 Å². The first-order valence-corrected chi connectivity index (χ1v) is 16.2. The number of carbonyl (C=O) groups excluding carboxylic acids is 3. The molecule has 2 amide bonds. The summed E-state index contributed by atoms with van der Waals surface area (Å²) in [7, 11) is 0. The average Bonchev–Trinajstić information content (AvgIpc) is 3.05. The summed E-state index contributed by atoms with van der Waals surface area (Å²) in [5.41, 5.74) is 1.62. The number of amides is 2. The molecule has 48 heavy (non-hydrogen) atoms. The van der Waals surface area contributed by atoms with Gasteiger partial charge in [-0.05, 0) is 80.8 Å². The number of carbonyl (C=O) groups is 3. The van der Waals surface area contributed by atoms with Gasteiger partial charge in [-0.2, -0.15) is 0 Å². The molecule has 0 aromatic heterocycles. The Morgan fingerprint density at radius 2 is 1.38 bits per heavy atom. The summed E-state index contributed by atoms with van der Waals surface area (Å²) in [5.74, 6) is -3.81. The van der Waals surface area contributed by atoms with Crippen molar-refractivity contribution in [1.29, 1.82) is 0 Å². The first-order chi connectivity index (χ1) is 23.1. The normalized spacial score (nSPS) is 20.4. The Morgan fingerprint density at radius 3 is 2.00 bits per heavy atom. The quantitative estimate of drug-likeness (QED) is 0.146. The van der Waals surface area contributed by atoms with Crippen LogP contribution in [0.4, 0.5) is 11.4 Å². The molecule has 0 spiro atoms.